The van der Waals surface area contributed by atoms with Gasteiger partial charge >= 0.3 is 0 Å². The standard InChI is InChI=1S/C18H19NO2/c1-13(2)18(21)15-10-6-7-11-16(15)19(17(18)20)12-14-8-4-3-5-9-14/h3-11,13,21H,12H2,1-2H3/t18-/m1/s1. The minimum absolute atomic E-state index is 0.174. The van der Waals surface area contributed by atoms with Crippen molar-refractivity contribution in [2.45, 2.75) is 26.0 Å². The average Bonchev–Trinajstić information content (AvgIpc) is 2.72. The van der Waals surface area contributed by atoms with Gasteiger partial charge in [0.2, 0.25) is 0 Å². The smallest absolute Gasteiger partial charge is 0.264 e. The van der Waals surface area contributed by atoms with E-state index < -0.39 is 5.60 Å². The Morgan fingerprint density at radius 2 is 1.67 bits per heavy atom. The quantitative estimate of drug-likeness (QED) is 0.939. The van der Waals surface area contributed by atoms with Gasteiger partial charge in [-0.05, 0) is 17.5 Å². The first-order chi connectivity index (χ1) is 10.0. The molecule has 3 nitrogen and oxygen atoms in total. The zero-order valence-electron chi connectivity index (χ0n) is 12.3. The highest BCUT2D eigenvalue weighted by molar-refractivity contribution is 6.06. The summed E-state index contributed by atoms with van der Waals surface area (Å²) < 4.78 is 0. The fraction of sp³-hybridized carbons (Fsp3) is 0.278. The number of nitrogens with zero attached hydrogens (tertiary/aromatic N) is 1. The van der Waals surface area contributed by atoms with Crippen LogP contribution in [0.2, 0.25) is 0 Å². The minimum atomic E-state index is -1.43. The van der Waals surface area contributed by atoms with Gasteiger partial charge in [0.1, 0.15) is 0 Å². The molecule has 0 saturated carbocycles. The second-order valence-electron chi connectivity index (χ2n) is 5.82. The van der Waals surface area contributed by atoms with E-state index in [1.165, 1.54) is 0 Å². The lowest BCUT2D eigenvalue weighted by molar-refractivity contribution is -0.140. The Kier molecular flexibility index (Phi) is 3.30. The SMILES string of the molecule is CC(C)[C@]1(O)C(=O)N(Cc2ccccc2)c2ccccc21. The van der Waals surface area contributed by atoms with Gasteiger partial charge in [0.25, 0.3) is 5.91 Å². The summed E-state index contributed by atoms with van der Waals surface area (Å²) in [7, 11) is 0. The molecule has 0 saturated heterocycles. The molecule has 21 heavy (non-hydrogen) atoms. The Morgan fingerprint density at radius 3 is 2.33 bits per heavy atom. The van der Waals surface area contributed by atoms with Crippen molar-refractivity contribution in [1.29, 1.82) is 0 Å². The summed E-state index contributed by atoms with van der Waals surface area (Å²) in [5.74, 6) is -0.408. The number of rotatable bonds is 3. The first kappa shape index (κ1) is 13.8. The van der Waals surface area contributed by atoms with E-state index in [1.807, 2.05) is 68.4 Å². The van der Waals surface area contributed by atoms with Crippen molar-refractivity contribution in [2.75, 3.05) is 4.90 Å². The number of hydrogen-bond acceptors (Lipinski definition) is 2. The number of carbonyl (C=O) groups is 1. The molecule has 1 atom stereocenters. The van der Waals surface area contributed by atoms with Gasteiger partial charge in [0.05, 0.1) is 12.2 Å². The highest BCUT2D eigenvalue weighted by Gasteiger charge is 2.51. The van der Waals surface area contributed by atoms with Crippen molar-refractivity contribution in [3.05, 3.63) is 65.7 Å². The number of aliphatic hydroxyl groups is 1. The molecule has 3 rings (SSSR count). The summed E-state index contributed by atoms with van der Waals surface area (Å²) >= 11 is 0. The molecule has 1 heterocycles. The average molecular weight is 281 g/mol. The Balaban J connectivity index is 2.05. The summed E-state index contributed by atoms with van der Waals surface area (Å²) in [6.07, 6.45) is 0. The zero-order valence-corrected chi connectivity index (χ0v) is 12.3. The summed E-state index contributed by atoms with van der Waals surface area (Å²) in [4.78, 5) is 14.5. The molecule has 0 unspecified atom stereocenters. The molecule has 1 aliphatic rings. The largest absolute Gasteiger partial charge is 0.375 e. The number of amides is 1. The van der Waals surface area contributed by atoms with E-state index in [0.717, 1.165) is 11.3 Å². The third kappa shape index (κ3) is 2.05. The molecule has 2 aromatic carbocycles. The van der Waals surface area contributed by atoms with Crippen LogP contribution in [0.4, 0.5) is 5.69 Å². The Labute approximate surface area is 124 Å². The Hall–Kier alpha value is -2.13. The topological polar surface area (TPSA) is 40.5 Å². The lowest BCUT2D eigenvalue weighted by Gasteiger charge is -2.26. The molecule has 0 aromatic heterocycles. The van der Waals surface area contributed by atoms with E-state index in [4.69, 9.17) is 0 Å². The highest BCUT2D eigenvalue weighted by Crippen LogP contribution is 2.44. The van der Waals surface area contributed by atoms with Crippen LogP contribution in [0.15, 0.2) is 54.6 Å². The van der Waals surface area contributed by atoms with E-state index in [-0.39, 0.29) is 11.8 Å². The summed E-state index contributed by atoms with van der Waals surface area (Å²) in [5, 5.41) is 10.9. The molecule has 0 fully saturated rings. The third-order valence-electron chi connectivity index (χ3n) is 4.20. The van der Waals surface area contributed by atoms with E-state index in [1.54, 1.807) is 4.90 Å². The Morgan fingerprint density at radius 1 is 1.05 bits per heavy atom. The van der Waals surface area contributed by atoms with Crippen LogP contribution in [0.5, 0.6) is 0 Å². The van der Waals surface area contributed by atoms with E-state index in [0.29, 0.717) is 12.1 Å². The van der Waals surface area contributed by atoms with Gasteiger partial charge in [-0.25, -0.2) is 0 Å². The number of hydrogen-bond donors (Lipinski definition) is 1. The number of para-hydroxylation sites is 1. The molecule has 1 aliphatic heterocycles. The van der Waals surface area contributed by atoms with Crippen LogP contribution in [0.1, 0.15) is 25.0 Å². The van der Waals surface area contributed by atoms with Gasteiger partial charge in [-0.2, -0.15) is 0 Å². The van der Waals surface area contributed by atoms with Gasteiger partial charge in [-0.15, -0.1) is 0 Å². The van der Waals surface area contributed by atoms with E-state index in [9.17, 15) is 9.90 Å². The maximum atomic E-state index is 12.8. The molecular weight excluding hydrogens is 262 g/mol. The van der Waals surface area contributed by atoms with Crippen LogP contribution >= 0.6 is 0 Å². The van der Waals surface area contributed by atoms with E-state index >= 15 is 0 Å². The van der Waals surface area contributed by atoms with Crippen LogP contribution in [0.3, 0.4) is 0 Å². The first-order valence-electron chi connectivity index (χ1n) is 7.23. The molecular formula is C18H19NO2. The molecule has 1 N–H and O–H groups in total. The number of fused-ring (bicyclic) bond motifs is 1. The van der Waals surface area contributed by atoms with Gasteiger partial charge in [-0.1, -0.05) is 62.4 Å². The minimum Gasteiger partial charge on any atom is -0.375 e. The van der Waals surface area contributed by atoms with Crippen LogP contribution in [0, 0.1) is 5.92 Å². The number of anilines is 1. The van der Waals surface area contributed by atoms with Crippen molar-refractivity contribution in [3.63, 3.8) is 0 Å². The predicted molar refractivity (Wildman–Crippen MR) is 82.8 cm³/mol. The lowest BCUT2D eigenvalue weighted by atomic mass is 9.84. The molecule has 108 valence electrons. The van der Waals surface area contributed by atoms with Gasteiger partial charge in [-0.3, -0.25) is 4.79 Å². The molecule has 3 heteroatoms. The number of carbonyl (C=O) groups excluding carboxylic acids is 1. The van der Waals surface area contributed by atoms with Crippen LogP contribution in [-0.2, 0) is 16.9 Å². The molecule has 2 aromatic rings. The van der Waals surface area contributed by atoms with Gasteiger partial charge < -0.3 is 10.0 Å². The molecule has 1 amide bonds. The van der Waals surface area contributed by atoms with Crippen molar-refractivity contribution >= 4 is 11.6 Å². The maximum absolute atomic E-state index is 12.8. The predicted octanol–water partition coefficient (Wildman–Crippen LogP) is 3.08. The van der Waals surface area contributed by atoms with Crippen molar-refractivity contribution in [3.8, 4) is 0 Å². The normalized spacial score (nSPS) is 21.0. The summed E-state index contributed by atoms with van der Waals surface area (Å²) in [5.41, 5.74) is 1.14. The number of benzene rings is 2. The molecule has 0 bridgehead atoms. The Bertz CT molecular complexity index is 666. The van der Waals surface area contributed by atoms with Crippen LogP contribution in [0.25, 0.3) is 0 Å². The molecule has 0 aliphatic carbocycles. The summed E-state index contributed by atoms with van der Waals surface area (Å²) in [6.45, 7) is 4.23. The molecule has 0 radical (unpaired) electrons. The highest BCUT2D eigenvalue weighted by atomic mass is 16.3. The fourth-order valence-electron chi connectivity index (χ4n) is 2.94. The monoisotopic (exact) mass is 281 g/mol. The van der Waals surface area contributed by atoms with Crippen molar-refractivity contribution in [1.82, 2.24) is 0 Å². The fourth-order valence-corrected chi connectivity index (χ4v) is 2.94. The van der Waals surface area contributed by atoms with Crippen molar-refractivity contribution in [2.24, 2.45) is 5.92 Å². The van der Waals surface area contributed by atoms with Crippen LogP contribution in [-0.4, -0.2) is 11.0 Å². The second-order valence-corrected chi connectivity index (χ2v) is 5.82. The summed E-state index contributed by atoms with van der Waals surface area (Å²) in [6, 6.07) is 17.3. The van der Waals surface area contributed by atoms with Gasteiger partial charge in [0, 0.05) is 5.56 Å². The van der Waals surface area contributed by atoms with E-state index in [2.05, 4.69) is 0 Å². The van der Waals surface area contributed by atoms with Crippen LogP contribution < -0.4 is 4.90 Å². The first-order valence-corrected chi connectivity index (χ1v) is 7.23. The van der Waals surface area contributed by atoms with Gasteiger partial charge in [0.15, 0.2) is 5.60 Å². The third-order valence-corrected chi connectivity index (χ3v) is 4.20. The second kappa shape index (κ2) is 5.01. The zero-order chi connectivity index (χ0) is 15.0. The van der Waals surface area contributed by atoms with Crippen molar-refractivity contribution < 1.29 is 9.90 Å². The molecule has 0 spiro atoms. The lowest BCUT2D eigenvalue weighted by Crippen LogP contribution is -2.43. The maximum Gasteiger partial charge on any atom is 0.264 e.